The molecule has 0 atom stereocenters. The summed E-state index contributed by atoms with van der Waals surface area (Å²) < 4.78 is 0. The second kappa shape index (κ2) is 5.04. The molecule has 0 aliphatic carbocycles. The van der Waals surface area contributed by atoms with E-state index in [0.29, 0.717) is 0 Å². The van der Waals surface area contributed by atoms with Gasteiger partial charge in [0.1, 0.15) is 0 Å². The minimum absolute atomic E-state index is 0.919. The third-order valence-electron chi connectivity index (χ3n) is 1.78. The molecule has 0 bridgehead atoms. The lowest BCUT2D eigenvalue weighted by Crippen LogP contribution is -1.77. The third kappa shape index (κ3) is 2.74. The van der Waals surface area contributed by atoms with Gasteiger partial charge in [0, 0.05) is 0 Å². The van der Waals surface area contributed by atoms with E-state index in [4.69, 9.17) is 0 Å². The normalized spacial score (nSPS) is 10.8. The fourth-order valence-electron chi connectivity index (χ4n) is 1.06. The average molecular weight is 178 g/mol. The van der Waals surface area contributed by atoms with Gasteiger partial charge in [-0.1, -0.05) is 36.4 Å². The lowest BCUT2D eigenvalue weighted by atomic mass is 10.1. The molecular weight excluding hydrogens is 164 g/mol. The van der Waals surface area contributed by atoms with Crippen LogP contribution in [-0.4, -0.2) is 5.75 Å². The molecule has 1 heteroatoms. The molecule has 0 N–H and O–H groups in total. The van der Waals surface area contributed by atoms with E-state index < -0.39 is 0 Å². The highest BCUT2D eigenvalue weighted by Gasteiger charge is 1.89. The van der Waals surface area contributed by atoms with Crippen molar-refractivity contribution in [2.24, 2.45) is 0 Å². The third-order valence-corrected chi connectivity index (χ3v) is 2.04. The first-order valence-corrected chi connectivity index (χ1v) is 4.81. The summed E-state index contributed by atoms with van der Waals surface area (Å²) >= 11 is 4.14. The molecule has 0 aromatic heterocycles. The van der Waals surface area contributed by atoms with Crippen LogP contribution in [0.5, 0.6) is 0 Å². The molecule has 0 aliphatic heterocycles. The number of benzene rings is 1. The number of hydrogen-bond donors (Lipinski definition) is 1. The van der Waals surface area contributed by atoms with Crippen LogP contribution in [0, 0.1) is 6.92 Å². The molecule has 0 saturated heterocycles. The smallest absolute Gasteiger partial charge is 0.00632 e. The number of hydrogen-bond acceptors (Lipinski definition) is 1. The predicted molar refractivity (Wildman–Crippen MR) is 58.7 cm³/mol. The fraction of sp³-hybridized carbons (Fsp3) is 0.273. The van der Waals surface area contributed by atoms with Crippen molar-refractivity contribution in [3.63, 3.8) is 0 Å². The van der Waals surface area contributed by atoms with E-state index in [1.54, 1.807) is 0 Å². The zero-order valence-corrected chi connectivity index (χ0v) is 8.22. The van der Waals surface area contributed by atoms with Crippen LogP contribution in [0.25, 0.3) is 6.08 Å². The van der Waals surface area contributed by atoms with Gasteiger partial charge in [0.15, 0.2) is 0 Å². The predicted octanol–water partition coefficient (Wildman–Crippen LogP) is 3.33. The quantitative estimate of drug-likeness (QED) is 0.674. The molecule has 1 aromatic carbocycles. The largest absolute Gasteiger partial charge is 0.179 e. The topological polar surface area (TPSA) is 0 Å². The van der Waals surface area contributed by atoms with Gasteiger partial charge in [-0.2, -0.15) is 12.6 Å². The molecule has 0 unspecified atom stereocenters. The van der Waals surface area contributed by atoms with Gasteiger partial charge in [-0.25, -0.2) is 0 Å². The minimum atomic E-state index is 0.919. The Morgan fingerprint density at radius 3 is 2.75 bits per heavy atom. The Labute approximate surface area is 79.7 Å². The SMILES string of the molecule is Cc1ccccc1C=CCCS. The molecule has 1 aromatic rings. The fourth-order valence-corrected chi connectivity index (χ4v) is 1.21. The van der Waals surface area contributed by atoms with E-state index in [1.807, 2.05) is 0 Å². The summed E-state index contributed by atoms with van der Waals surface area (Å²) in [5.41, 5.74) is 2.63. The lowest BCUT2D eigenvalue weighted by molar-refractivity contribution is 1.26. The van der Waals surface area contributed by atoms with Crippen LogP contribution in [-0.2, 0) is 0 Å². The van der Waals surface area contributed by atoms with Crippen molar-refractivity contribution in [3.05, 3.63) is 41.5 Å². The molecule has 0 saturated carbocycles. The second-order valence-corrected chi connectivity index (χ2v) is 3.22. The molecular formula is C11H14S. The standard InChI is InChI=1S/C11H14S/c1-10-6-2-3-7-11(10)8-4-5-9-12/h2-4,6-8,12H,5,9H2,1H3. The zero-order valence-electron chi connectivity index (χ0n) is 7.33. The molecule has 0 spiro atoms. The number of aryl methyl sites for hydroxylation is 1. The molecule has 0 heterocycles. The number of rotatable bonds is 3. The first-order valence-electron chi connectivity index (χ1n) is 4.17. The summed E-state index contributed by atoms with van der Waals surface area (Å²) in [6.45, 7) is 2.13. The van der Waals surface area contributed by atoms with Crippen molar-refractivity contribution in [2.75, 3.05) is 5.75 Å². The van der Waals surface area contributed by atoms with Crippen molar-refractivity contribution in [1.82, 2.24) is 0 Å². The van der Waals surface area contributed by atoms with Gasteiger partial charge in [-0.15, -0.1) is 0 Å². The summed E-state index contributed by atoms with van der Waals surface area (Å²) in [6.07, 6.45) is 5.36. The second-order valence-electron chi connectivity index (χ2n) is 2.77. The van der Waals surface area contributed by atoms with Crippen LogP contribution < -0.4 is 0 Å². The first kappa shape index (κ1) is 9.40. The molecule has 1 rings (SSSR count). The Bertz CT molecular complexity index is 263. The molecule has 0 aliphatic rings. The molecule has 0 nitrogen and oxygen atoms in total. The van der Waals surface area contributed by atoms with Crippen LogP contribution >= 0.6 is 12.6 Å². The summed E-state index contributed by atoms with van der Waals surface area (Å²) in [7, 11) is 0. The van der Waals surface area contributed by atoms with Crippen LogP contribution in [0.4, 0.5) is 0 Å². The van der Waals surface area contributed by atoms with Crippen molar-refractivity contribution in [2.45, 2.75) is 13.3 Å². The maximum absolute atomic E-state index is 4.14. The summed E-state index contributed by atoms with van der Waals surface area (Å²) in [6, 6.07) is 8.38. The van der Waals surface area contributed by atoms with Crippen LogP contribution in [0.2, 0.25) is 0 Å². The van der Waals surface area contributed by atoms with Gasteiger partial charge in [-0.3, -0.25) is 0 Å². The van der Waals surface area contributed by atoms with E-state index in [2.05, 4.69) is 56.0 Å². The molecule has 0 radical (unpaired) electrons. The first-order chi connectivity index (χ1) is 5.84. The van der Waals surface area contributed by atoms with E-state index in [0.717, 1.165) is 12.2 Å². The van der Waals surface area contributed by atoms with Crippen molar-refractivity contribution in [3.8, 4) is 0 Å². The Balaban J connectivity index is 2.68. The van der Waals surface area contributed by atoms with E-state index in [-0.39, 0.29) is 0 Å². The van der Waals surface area contributed by atoms with Crippen LogP contribution in [0.1, 0.15) is 17.5 Å². The van der Waals surface area contributed by atoms with Crippen LogP contribution in [0.15, 0.2) is 30.3 Å². The monoisotopic (exact) mass is 178 g/mol. The molecule has 0 amide bonds. The van der Waals surface area contributed by atoms with Gasteiger partial charge in [0.2, 0.25) is 0 Å². The molecule has 0 fully saturated rings. The van der Waals surface area contributed by atoms with Gasteiger partial charge in [0.25, 0.3) is 0 Å². The van der Waals surface area contributed by atoms with Gasteiger partial charge in [-0.05, 0) is 30.2 Å². The summed E-state index contributed by atoms with van der Waals surface area (Å²) in [4.78, 5) is 0. The van der Waals surface area contributed by atoms with Crippen LogP contribution in [0.3, 0.4) is 0 Å². The number of allylic oxidation sites excluding steroid dienone is 1. The molecule has 64 valence electrons. The number of thiol groups is 1. The zero-order chi connectivity index (χ0) is 8.81. The summed E-state index contributed by atoms with van der Waals surface area (Å²) in [5.74, 6) is 0.919. The van der Waals surface area contributed by atoms with E-state index in [9.17, 15) is 0 Å². The van der Waals surface area contributed by atoms with Gasteiger partial charge < -0.3 is 0 Å². The van der Waals surface area contributed by atoms with Crippen molar-refractivity contribution >= 4 is 18.7 Å². The molecule has 12 heavy (non-hydrogen) atoms. The highest BCUT2D eigenvalue weighted by atomic mass is 32.1. The van der Waals surface area contributed by atoms with Gasteiger partial charge >= 0.3 is 0 Å². The van der Waals surface area contributed by atoms with Crippen molar-refractivity contribution < 1.29 is 0 Å². The van der Waals surface area contributed by atoms with Crippen molar-refractivity contribution in [1.29, 1.82) is 0 Å². The minimum Gasteiger partial charge on any atom is -0.179 e. The van der Waals surface area contributed by atoms with Gasteiger partial charge in [0.05, 0.1) is 0 Å². The maximum Gasteiger partial charge on any atom is -0.00632 e. The Morgan fingerprint density at radius 1 is 1.33 bits per heavy atom. The Morgan fingerprint density at radius 2 is 2.08 bits per heavy atom. The lowest BCUT2D eigenvalue weighted by Gasteiger charge is -1.97. The maximum atomic E-state index is 4.14. The highest BCUT2D eigenvalue weighted by molar-refractivity contribution is 7.80. The Hall–Kier alpha value is -0.690. The highest BCUT2D eigenvalue weighted by Crippen LogP contribution is 2.09. The summed E-state index contributed by atoms with van der Waals surface area (Å²) in [5, 5.41) is 0. The van der Waals surface area contributed by atoms with E-state index >= 15 is 0 Å². The Kier molecular flexibility index (Phi) is 3.95. The average Bonchev–Trinajstić information content (AvgIpc) is 2.09. The van der Waals surface area contributed by atoms with E-state index in [1.165, 1.54) is 11.1 Å².